The summed E-state index contributed by atoms with van der Waals surface area (Å²) in [4.78, 5) is 10.4. The van der Waals surface area contributed by atoms with Crippen LogP contribution >= 0.6 is 0 Å². The van der Waals surface area contributed by atoms with Crippen molar-refractivity contribution in [1.29, 1.82) is 0 Å². The maximum Gasteiger partial charge on any atom is 1.00 e. The van der Waals surface area contributed by atoms with E-state index >= 15 is 0 Å². The molecule has 4 atom stereocenters. The summed E-state index contributed by atoms with van der Waals surface area (Å²) in [6.07, 6.45) is -5.79. The second kappa shape index (κ2) is 15.8. The Morgan fingerprint density at radius 1 is 1.05 bits per heavy atom. The molecule has 0 aliphatic rings. The smallest absolute Gasteiger partial charge is 1.00 e. The third-order valence-electron chi connectivity index (χ3n) is 1.73. The molecule has 0 aromatic carbocycles. The van der Waals surface area contributed by atoms with E-state index in [0.29, 0.717) is 0 Å². The van der Waals surface area contributed by atoms with Crippen LogP contribution in [-0.4, -0.2) is 70.6 Å². The van der Waals surface area contributed by atoms with E-state index < -0.39 is 41.3 Å². The van der Waals surface area contributed by atoms with Crippen LogP contribution in [0.5, 0.6) is 0 Å². The molecule has 0 heterocycles. The largest absolute Gasteiger partial charge is 1.00 e. The molecule has 9 nitrogen and oxygen atoms in total. The first-order chi connectivity index (χ1) is 7.22. The van der Waals surface area contributed by atoms with Gasteiger partial charge in [0.1, 0.15) is 30.6 Å². The van der Waals surface area contributed by atoms with Gasteiger partial charge in [0.05, 0.1) is 6.61 Å². The van der Waals surface area contributed by atoms with Gasteiger partial charge in [-0.25, -0.2) is 0 Å². The molecule has 0 saturated heterocycles. The van der Waals surface area contributed by atoms with Crippen LogP contribution in [0.2, 0.25) is 0 Å². The standard InChI is InChI=1S/C6H13NO8S.2ClH.2Na/c8-1-3(7-16(13,14)15)5(11)6(12)4(10)2-9;;;;/h1,3-7,9-12H,2H2,(H,13,14,15);2*1H;;/q;;;2*+1/p-2/t3-,4+,5+,6+;;;;/m0..../s1. The van der Waals surface area contributed by atoms with Gasteiger partial charge in [-0.2, -0.15) is 13.1 Å². The van der Waals surface area contributed by atoms with E-state index in [1.165, 1.54) is 4.72 Å². The van der Waals surface area contributed by atoms with E-state index in [0.717, 1.165) is 0 Å². The van der Waals surface area contributed by atoms with Crippen molar-refractivity contribution in [2.45, 2.75) is 24.4 Å². The maximum absolute atomic E-state index is 10.4. The second-order valence-corrected chi connectivity index (χ2v) is 4.17. The SMILES string of the molecule is O=C[C@H](NS(=O)(=O)O)[C@@H](O)[C@H](O)[C@H](O)CO.[Cl-].[Cl-].[Na+].[Na+]. The molecule has 0 amide bonds. The van der Waals surface area contributed by atoms with Gasteiger partial charge in [0.2, 0.25) is 0 Å². The molecular weight excluding hydrogens is 363 g/mol. The van der Waals surface area contributed by atoms with E-state index in [1.54, 1.807) is 0 Å². The summed E-state index contributed by atoms with van der Waals surface area (Å²) in [6.45, 7) is -0.893. The van der Waals surface area contributed by atoms with E-state index in [2.05, 4.69) is 0 Å². The molecule has 0 aliphatic heterocycles. The van der Waals surface area contributed by atoms with Gasteiger partial charge < -0.3 is 50.0 Å². The summed E-state index contributed by atoms with van der Waals surface area (Å²) in [5.74, 6) is 0. The fourth-order valence-electron chi connectivity index (χ4n) is 0.898. The fraction of sp³-hybridized carbons (Fsp3) is 0.833. The minimum Gasteiger partial charge on any atom is -1.00 e. The van der Waals surface area contributed by atoms with Crippen LogP contribution in [0.4, 0.5) is 0 Å². The monoisotopic (exact) mass is 375 g/mol. The number of carbonyl (C=O) groups is 1. The number of rotatable bonds is 7. The average molecular weight is 376 g/mol. The molecule has 0 spiro atoms. The van der Waals surface area contributed by atoms with Gasteiger partial charge >= 0.3 is 69.4 Å². The number of carbonyl (C=O) groups excluding carboxylic acids is 1. The third kappa shape index (κ3) is 13.6. The quantitative estimate of drug-likeness (QED) is 0.145. The first-order valence-electron chi connectivity index (χ1n) is 4.08. The van der Waals surface area contributed by atoms with Crippen LogP contribution < -0.4 is 88.7 Å². The Morgan fingerprint density at radius 2 is 1.45 bits per heavy atom. The minimum atomic E-state index is -4.74. The molecule has 0 radical (unpaired) electrons. The van der Waals surface area contributed by atoms with Gasteiger partial charge in [-0.1, -0.05) is 0 Å². The molecule has 14 heteroatoms. The van der Waals surface area contributed by atoms with Gasteiger partial charge in [0.15, 0.2) is 0 Å². The summed E-state index contributed by atoms with van der Waals surface area (Å²) in [7, 11) is -4.74. The molecule has 20 heavy (non-hydrogen) atoms. The van der Waals surface area contributed by atoms with Gasteiger partial charge in [-0.05, 0) is 0 Å². The normalized spacial score (nSPS) is 15.8. The first-order valence-corrected chi connectivity index (χ1v) is 5.52. The van der Waals surface area contributed by atoms with Crippen molar-refractivity contribution in [3.63, 3.8) is 0 Å². The maximum atomic E-state index is 10.4. The van der Waals surface area contributed by atoms with Gasteiger partial charge in [0, 0.05) is 0 Å². The van der Waals surface area contributed by atoms with Gasteiger partial charge in [-0.3, -0.25) is 4.55 Å². The van der Waals surface area contributed by atoms with E-state index in [4.69, 9.17) is 19.9 Å². The predicted molar refractivity (Wildman–Crippen MR) is 49.6 cm³/mol. The number of hydrogen-bond donors (Lipinski definition) is 6. The van der Waals surface area contributed by atoms with E-state index in [1.807, 2.05) is 0 Å². The van der Waals surface area contributed by atoms with Crippen LogP contribution in [0, 0.1) is 0 Å². The molecule has 0 aromatic heterocycles. The number of aliphatic hydroxyl groups excluding tert-OH is 4. The van der Waals surface area contributed by atoms with Crippen molar-refractivity contribution < 1.29 is 122 Å². The topological polar surface area (TPSA) is 164 Å². The van der Waals surface area contributed by atoms with Gasteiger partial charge in [-0.15, -0.1) is 0 Å². The number of nitrogens with one attached hydrogen (secondary N) is 1. The van der Waals surface area contributed by atoms with Crippen LogP contribution in [0.25, 0.3) is 0 Å². The third-order valence-corrected chi connectivity index (χ3v) is 2.30. The Balaban J connectivity index is -0.000000187. The van der Waals surface area contributed by atoms with Crippen LogP contribution in [0.15, 0.2) is 0 Å². The van der Waals surface area contributed by atoms with Crippen molar-refractivity contribution in [2.75, 3.05) is 6.61 Å². The van der Waals surface area contributed by atoms with Gasteiger partial charge in [0.25, 0.3) is 0 Å². The molecular formula is C6H13Cl2NNa2O8S. The summed E-state index contributed by atoms with van der Waals surface area (Å²) >= 11 is 0. The van der Waals surface area contributed by atoms with Crippen LogP contribution in [0.3, 0.4) is 0 Å². The number of aldehydes is 1. The molecule has 0 bridgehead atoms. The molecule has 0 rings (SSSR count). The van der Waals surface area contributed by atoms with E-state index in [-0.39, 0.29) is 90.2 Å². The summed E-state index contributed by atoms with van der Waals surface area (Å²) < 4.78 is 30.4. The van der Waals surface area contributed by atoms with Crippen LogP contribution in [0.1, 0.15) is 0 Å². The molecule has 0 aliphatic carbocycles. The summed E-state index contributed by atoms with van der Waals surface area (Å²) in [5, 5.41) is 35.8. The summed E-state index contributed by atoms with van der Waals surface area (Å²) in [6, 6.07) is -1.84. The Kier molecular flexibility index (Phi) is 26.6. The summed E-state index contributed by atoms with van der Waals surface area (Å²) in [5.41, 5.74) is 0. The average Bonchev–Trinajstić information content (AvgIpc) is 2.21. The zero-order chi connectivity index (χ0) is 12.9. The second-order valence-electron chi connectivity index (χ2n) is 2.99. The van der Waals surface area contributed by atoms with Crippen molar-refractivity contribution in [3.8, 4) is 0 Å². The van der Waals surface area contributed by atoms with Crippen molar-refractivity contribution >= 4 is 16.6 Å². The molecule has 0 saturated carbocycles. The zero-order valence-corrected chi connectivity index (χ0v) is 17.0. The molecule has 6 N–H and O–H groups in total. The molecule has 0 fully saturated rings. The number of aliphatic hydroxyl groups is 4. The molecule has 0 unspecified atom stereocenters. The Morgan fingerprint density at radius 3 is 1.70 bits per heavy atom. The minimum absolute atomic E-state index is 0. The first kappa shape index (κ1) is 33.5. The van der Waals surface area contributed by atoms with E-state index in [9.17, 15) is 18.3 Å². The Hall–Kier alpha value is 1.96. The zero-order valence-electron chi connectivity index (χ0n) is 10.7. The number of halogens is 2. The Bertz CT molecular complexity index is 335. The fourth-order valence-corrected chi connectivity index (χ4v) is 1.44. The molecule has 0 aromatic rings. The predicted octanol–water partition coefficient (Wildman–Crippen LogP) is -16.0. The van der Waals surface area contributed by atoms with Crippen molar-refractivity contribution in [2.24, 2.45) is 0 Å². The van der Waals surface area contributed by atoms with Crippen molar-refractivity contribution in [3.05, 3.63) is 0 Å². The number of hydrogen-bond acceptors (Lipinski definition) is 7. The molecule has 112 valence electrons. The van der Waals surface area contributed by atoms with Crippen LogP contribution in [-0.2, 0) is 15.1 Å². The Labute approximate surface area is 172 Å². The van der Waals surface area contributed by atoms with Crippen molar-refractivity contribution in [1.82, 2.24) is 4.72 Å².